The first kappa shape index (κ1) is 23.4. The predicted octanol–water partition coefficient (Wildman–Crippen LogP) is 4.50. The summed E-state index contributed by atoms with van der Waals surface area (Å²) in [4.78, 5) is 27.8. The average Bonchev–Trinajstić information content (AvgIpc) is 3.36. The van der Waals surface area contributed by atoms with Gasteiger partial charge in [-0.3, -0.25) is 14.5 Å². The predicted molar refractivity (Wildman–Crippen MR) is 130 cm³/mol. The number of methoxy groups -OCH3 is 1. The Morgan fingerprint density at radius 1 is 1.09 bits per heavy atom. The maximum atomic E-state index is 13.3. The quantitative estimate of drug-likeness (QED) is 0.316. The molecule has 3 aromatic rings. The molecule has 0 radical (unpaired) electrons. The third kappa shape index (κ3) is 4.03. The normalized spacial score (nSPS) is 17.3. The first-order valence-electron chi connectivity index (χ1n) is 10.8. The van der Waals surface area contributed by atoms with E-state index < -0.39 is 17.7 Å². The van der Waals surface area contributed by atoms with E-state index in [1.54, 1.807) is 31.2 Å². The molecule has 1 amide bonds. The molecule has 2 heterocycles. The van der Waals surface area contributed by atoms with Crippen LogP contribution in [0.15, 0.2) is 42.0 Å². The molecule has 4 rings (SSSR count). The van der Waals surface area contributed by atoms with E-state index in [0.29, 0.717) is 34.2 Å². The molecular formula is C25H25N3O5S. The van der Waals surface area contributed by atoms with Gasteiger partial charge in [0.2, 0.25) is 5.13 Å². The van der Waals surface area contributed by atoms with E-state index in [1.165, 1.54) is 23.3 Å². The van der Waals surface area contributed by atoms with E-state index in [-0.39, 0.29) is 16.5 Å². The van der Waals surface area contributed by atoms with Crippen molar-refractivity contribution >= 4 is 33.9 Å². The van der Waals surface area contributed by atoms with Crippen molar-refractivity contribution in [2.75, 3.05) is 18.6 Å². The summed E-state index contributed by atoms with van der Waals surface area (Å²) < 4.78 is 11.1. The molecule has 176 valence electrons. The molecule has 0 saturated carbocycles. The topological polar surface area (TPSA) is 102 Å². The number of aliphatic hydroxyl groups excluding tert-OH is 1. The van der Waals surface area contributed by atoms with Gasteiger partial charge in [0.1, 0.15) is 10.8 Å². The van der Waals surface area contributed by atoms with E-state index >= 15 is 0 Å². The highest BCUT2D eigenvalue weighted by Crippen LogP contribution is 2.45. The third-order valence-electron chi connectivity index (χ3n) is 5.62. The van der Waals surface area contributed by atoms with E-state index in [2.05, 4.69) is 10.2 Å². The lowest BCUT2D eigenvalue weighted by molar-refractivity contribution is -0.132. The van der Waals surface area contributed by atoms with Gasteiger partial charge < -0.3 is 14.6 Å². The van der Waals surface area contributed by atoms with Crippen LogP contribution in [0.1, 0.15) is 40.2 Å². The fourth-order valence-corrected chi connectivity index (χ4v) is 4.71. The van der Waals surface area contributed by atoms with Crippen LogP contribution in [0.3, 0.4) is 0 Å². The fraction of sp³-hybridized carbons (Fsp3) is 0.280. The van der Waals surface area contributed by atoms with Crippen molar-refractivity contribution in [2.24, 2.45) is 0 Å². The van der Waals surface area contributed by atoms with Crippen LogP contribution >= 0.6 is 11.3 Å². The Balaban J connectivity index is 1.97. The van der Waals surface area contributed by atoms with Gasteiger partial charge in [0, 0.05) is 5.56 Å². The SMILES string of the molecule is CCOc1ccc(C2/C(=C(\O)c3cc(C)ccc3C)C(=O)C(=O)N2c2nnc(C)s2)cc1OC. The van der Waals surface area contributed by atoms with Crippen molar-refractivity contribution in [1.82, 2.24) is 10.2 Å². The summed E-state index contributed by atoms with van der Waals surface area (Å²) in [7, 11) is 1.52. The van der Waals surface area contributed by atoms with Crippen LogP contribution in [0.25, 0.3) is 5.76 Å². The van der Waals surface area contributed by atoms with Crippen molar-refractivity contribution in [2.45, 2.75) is 33.7 Å². The Morgan fingerprint density at radius 2 is 1.85 bits per heavy atom. The van der Waals surface area contributed by atoms with E-state index in [0.717, 1.165) is 11.1 Å². The maximum Gasteiger partial charge on any atom is 0.301 e. The Kier molecular flexibility index (Phi) is 6.39. The summed E-state index contributed by atoms with van der Waals surface area (Å²) in [5.74, 6) is -0.816. The van der Waals surface area contributed by atoms with E-state index in [4.69, 9.17) is 9.47 Å². The molecule has 1 aromatic heterocycles. The number of hydrogen-bond donors (Lipinski definition) is 1. The molecule has 9 heteroatoms. The number of Topliss-reactive ketones (excluding diaryl/α,β-unsaturated/α-hetero) is 1. The van der Waals surface area contributed by atoms with Crippen LogP contribution in [0, 0.1) is 20.8 Å². The highest BCUT2D eigenvalue weighted by Gasteiger charge is 2.48. The largest absolute Gasteiger partial charge is 0.507 e. The van der Waals surface area contributed by atoms with Gasteiger partial charge in [-0.15, -0.1) is 10.2 Å². The van der Waals surface area contributed by atoms with Gasteiger partial charge in [0.15, 0.2) is 11.5 Å². The standard InChI is InChI=1S/C25H25N3O5S/c1-6-33-18-10-9-16(12-19(18)32-5)21-20(22(29)17-11-13(2)7-8-14(17)3)23(30)24(31)28(21)25-27-26-15(4)34-25/h7-12,21,29H,6H2,1-5H3/b22-20+. The number of hydrogen-bond acceptors (Lipinski definition) is 8. The zero-order valence-corrected chi connectivity index (χ0v) is 20.4. The number of benzene rings is 2. The van der Waals surface area contributed by atoms with Crippen molar-refractivity contribution < 1.29 is 24.2 Å². The number of carbonyl (C=O) groups is 2. The Morgan fingerprint density at radius 3 is 2.50 bits per heavy atom. The summed E-state index contributed by atoms with van der Waals surface area (Å²) in [6, 6.07) is 9.84. The highest BCUT2D eigenvalue weighted by molar-refractivity contribution is 7.15. The second-order valence-corrected chi connectivity index (χ2v) is 9.09. The molecule has 1 atom stereocenters. The Labute approximate surface area is 201 Å². The molecule has 1 saturated heterocycles. The van der Waals surface area contributed by atoms with Crippen LogP contribution < -0.4 is 14.4 Å². The van der Waals surface area contributed by atoms with Gasteiger partial charge in [-0.05, 0) is 57.0 Å². The van der Waals surface area contributed by atoms with Crippen molar-refractivity contribution in [3.8, 4) is 11.5 Å². The summed E-state index contributed by atoms with van der Waals surface area (Å²) in [6.45, 7) is 7.82. The smallest absolute Gasteiger partial charge is 0.301 e. The second-order valence-electron chi connectivity index (χ2n) is 7.93. The number of carbonyl (C=O) groups excluding carboxylic acids is 2. The molecule has 34 heavy (non-hydrogen) atoms. The summed E-state index contributed by atoms with van der Waals surface area (Å²) in [5, 5.41) is 20.4. The van der Waals surface area contributed by atoms with Crippen LogP contribution in [0.2, 0.25) is 0 Å². The average molecular weight is 480 g/mol. The van der Waals surface area contributed by atoms with E-state index in [9.17, 15) is 14.7 Å². The molecule has 0 bridgehead atoms. The number of anilines is 1. The van der Waals surface area contributed by atoms with Gasteiger partial charge in [-0.2, -0.15) is 0 Å². The lowest BCUT2D eigenvalue weighted by atomic mass is 9.93. The number of rotatable bonds is 6. The number of ketones is 1. The van der Waals surface area contributed by atoms with Gasteiger partial charge in [-0.1, -0.05) is 35.1 Å². The molecule has 1 fully saturated rings. The molecule has 8 nitrogen and oxygen atoms in total. The Bertz CT molecular complexity index is 1310. The van der Waals surface area contributed by atoms with Gasteiger partial charge >= 0.3 is 5.91 Å². The fourth-order valence-electron chi connectivity index (χ4n) is 3.99. The molecule has 0 aliphatic carbocycles. The van der Waals surface area contributed by atoms with Gasteiger partial charge in [0.05, 0.1) is 25.3 Å². The number of amides is 1. The zero-order valence-electron chi connectivity index (χ0n) is 19.6. The Hall–Kier alpha value is -3.72. The molecule has 1 unspecified atom stereocenters. The number of aliphatic hydroxyl groups is 1. The minimum absolute atomic E-state index is 0.0160. The minimum Gasteiger partial charge on any atom is -0.507 e. The number of ether oxygens (including phenoxy) is 2. The molecular weight excluding hydrogens is 454 g/mol. The van der Waals surface area contributed by atoms with Crippen LogP contribution in [-0.4, -0.2) is 40.7 Å². The van der Waals surface area contributed by atoms with Crippen LogP contribution in [0.4, 0.5) is 5.13 Å². The molecule has 1 aliphatic rings. The van der Waals surface area contributed by atoms with Crippen molar-refractivity contribution in [3.05, 3.63) is 69.2 Å². The zero-order chi connectivity index (χ0) is 24.6. The van der Waals surface area contributed by atoms with E-state index in [1.807, 2.05) is 32.9 Å². The summed E-state index contributed by atoms with van der Waals surface area (Å²) in [5.41, 5.74) is 2.75. The first-order valence-corrected chi connectivity index (χ1v) is 11.6. The van der Waals surface area contributed by atoms with Crippen molar-refractivity contribution in [3.63, 3.8) is 0 Å². The lowest BCUT2D eigenvalue weighted by Gasteiger charge is -2.23. The molecule has 0 spiro atoms. The monoisotopic (exact) mass is 479 g/mol. The lowest BCUT2D eigenvalue weighted by Crippen LogP contribution is -2.29. The van der Waals surface area contributed by atoms with Crippen molar-refractivity contribution in [1.29, 1.82) is 0 Å². The number of aryl methyl sites for hydroxylation is 3. The van der Waals surface area contributed by atoms with Crippen LogP contribution in [-0.2, 0) is 9.59 Å². The number of aromatic nitrogens is 2. The minimum atomic E-state index is -0.920. The van der Waals surface area contributed by atoms with Gasteiger partial charge in [-0.25, -0.2) is 0 Å². The number of nitrogens with zero attached hydrogens (tertiary/aromatic N) is 3. The maximum absolute atomic E-state index is 13.3. The summed E-state index contributed by atoms with van der Waals surface area (Å²) in [6.07, 6.45) is 0. The van der Waals surface area contributed by atoms with Gasteiger partial charge in [0.25, 0.3) is 5.78 Å². The second kappa shape index (κ2) is 9.26. The molecule has 2 aromatic carbocycles. The third-order valence-corrected chi connectivity index (χ3v) is 6.46. The molecule has 1 N–H and O–H groups in total. The summed E-state index contributed by atoms with van der Waals surface area (Å²) >= 11 is 1.20. The van der Waals surface area contributed by atoms with Crippen LogP contribution in [0.5, 0.6) is 11.5 Å². The molecule has 1 aliphatic heterocycles. The highest BCUT2D eigenvalue weighted by atomic mass is 32.1. The first-order chi connectivity index (χ1) is 16.3.